The van der Waals surface area contributed by atoms with Crippen LogP contribution in [0.25, 0.3) is 160 Å². The molecule has 10 aromatic heterocycles. The average molecular weight is 2060 g/mol. The van der Waals surface area contributed by atoms with E-state index in [-0.39, 0.29) is 36.3 Å². The summed E-state index contributed by atoms with van der Waals surface area (Å²) in [5, 5.41) is 96.2. The van der Waals surface area contributed by atoms with Gasteiger partial charge in [-0.1, -0.05) is 96.7 Å². The van der Waals surface area contributed by atoms with Gasteiger partial charge in [0.1, 0.15) is 27.6 Å². The number of allylic oxidation sites excluding steroid dienone is 4. The molecule has 746 valence electrons. The van der Waals surface area contributed by atoms with Gasteiger partial charge in [0, 0.05) is 143 Å². The van der Waals surface area contributed by atoms with E-state index in [9.17, 15) is 15.6 Å². The first-order valence-electron chi connectivity index (χ1n) is 49.3. The van der Waals surface area contributed by atoms with Gasteiger partial charge in [-0.25, -0.2) is 24.9 Å². The fourth-order valence-corrected chi connectivity index (χ4v) is 20.3. The first-order chi connectivity index (χ1) is 69.7. The molecule has 5 aliphatic rings. The van der Waals surface area contributed by atoms with Crippen molar-refractivity contribution in [2.75, 3.05) is 13.1 Å². The number of nitrogens with one attached hydrogen (secondary N) is 1. The molecule has 1 N–H and O–H groups in total. The second-order valence-corrected chi connectivity index (χ2v) is 41.1. The van der Waals surface area contributed by atoms with Crippen LogP contribution in [0.15, 0.2) is 205 Å². The monoisotopic (exact) mass is 2050 g/mol. The standard InChI is InChI=1S/C22H21N5O.C22H23N5.C21H22N6.C16H12ClN5O.C15H21BN2O2.C7H3BrClN3O.C7H12.CH4/c1-14-10-17(11-18-13-26(2)24-21(14)18)16-8-9-19-20(12-16)27(28)25-22(23-19)15-6-4-3-5-7-15;1-14-10-17(11-18-13-27(2)26-21(14)18)16-8-9-19-20(12-16)24-25-22(23-19)15-6-4-3-5-7-15;1-13-9-16(10-17-12-27(2)26-20(13)17)15-3-4-18-19(11-15)24-25-21(23-18)14-5-7-22-8-6-14;1-9-5-11(6-12-8-21(2)19-15(9)12)10-3-4-13-14(7-10)22(23)20-16(17)18-13;1-10-7-12(8-11-9-18(6)17-13(10)11)16-19-14(2,3)15(4,5)20-16;8-4-1-2-5-6(3-4)12(13)11-7(9)10-5;1-7-5-3-2-4-6-7;/h6,8-13H,3-5,7H2,1-2H3;8-13,15H,3-7H2,1-2H3;3-4,9-12,14,22H,5-8H2,1-2H3;3-8H,1-2H3;7-9H,1-6H3;1-3H;5H,2-4,6H2,1H3;1H4. The summed E-state index contributed by atoms with van der Waals surface area (Å²) in [6, 6.07) is 50.2. The quantitative estimate of drug-likeness (QED) is 0.0639. The minimum atomic E-state index is -0.316. The number of halogens is 3. The normalized spacial score (nSPS) is 15.2. The van der Waals surface area contributed by atoms with Crippen molar-refractivity contribution < 1.29 is 23.8 Å². The predicted molar refractivity (Wildman–Crippen MR) is 583 cm³/mol. The van der Waals surface area contributed by atoms with Crippen molar-refractivity contribution in [3.63, 3.8) is 0 Å². The zero-order valence-electron chi connectivity index (χ0n) is 84.1. The number of hydrogen-bond donors (Lipinski definition) is 1. The largest absolute Gasteiger partial charge is 0.594 e. The Balaban J connectivity index is 0.000000114. The van der Waals surface area contributed by atoms with Crippen LogP contribution in [0.2, 0.25) is 10.6 Å². The predicted octanol–water partition coefficient (Wildman–Crippen LogP) is 22.2. The third-order valence-electron chi connectivity index (χ3n) is 27.9. The fourth-order valence-electron chi connectivity index (χ4n) is 19.6. The molecule has 0 spiro atoms. The highest BCUT2D eigenvalue weighted by Gasteiger charge is 2.52. The topological polar surface area (TPSA) is 355 Å². The van der Waals surface area contributed by atoms with Crippen LogP contribution < -0.4 is 25.3 Å². The van der Waals surface area contributed by atoms with Gasteiger partial charge < -0.3 is 30.2 Å². The number of benzene rings is 10. The van der Waals surface area contributed by atoms with E-state index >= 15 is 0 Å². The summed E-state index contributed by atoms with van der Waals surface area (Å²) in [4.78, 5) is 23.9. The van der Waals surface area contributed by atoms with Crippen LogP contribution >= 0.6 is 39.1 Å². The Labute approximate surface area is 865 Å². The van der Waals surface area contributed by atoms with Crippen molar-refractivity contribution in [3.05, 3.63) is 276 Å². The number of piperidine rings is 1. The molecule has 12 heterocycles. The van der Waals surface area contributed by atoms with Gasteiger partial charge in [0.2, 0.25) is 5.82 Å². The summed E-state index contributed by atoms with van der Waals surface area (Å²) >= 11 is 14.5. The molecule has 3 fully saturated rings. The summed E-state index contributed by atoms with van der Waals surface area (Å²) in [5.41, 5.74) is 29.0. The Bertz CT molecular complexity index is 8220. The maximum atomic E-state index is 12.6. The molecule has 31 nitrogen and oxygen atoms in total. The summed E-state index contributed by atoms with van der Waals surface area (Å²) in [7, 11) is 9.36. The van der Waals surface area contributed by atoms with Crippen LogP contribution in [-0.4, -0.2) is 141 Å². The second-order valence-electron chi connectivity index (χ2n) is 39.5. The van der Waals surface area contributed by atoms with Crippen LogP contribution in [0.1, 0.15) is 195 Å². The van der Waals surface area contributed by atoms with Crippen LogP contribution in [0, 0.1) is 50.2 Å². The van der Waals surface area contributed by atoms with Crippen LogP contribution in [0.3, 0.4) is 0 Å². The Morgan fingerprint density at radius 1 is 0.377 bits per heavy atom. The zero-order valence-corrected chi connectivity index (χ0v) is 87.2. The minimum absolute atomic E-state index is 0. The van der Waals surface area contributed by atoms with Gasteiger partial charge >= 0.3 is 7.12 Å². The average Bonchev–Trinajstić information content (AvgIpc) is 1.60. The summed E-state index contributed by atoms with van der Waals surface area (Å²) < 4.78 is 22.2. The fraction of sp³-hybridized carbons (Fsp3) is 0.333. The van der Waals surface area contributed by atoms with Crippen LogP contribution in [-0.2, 0) is 44.5 Å². The molecule has 35 heteroatoms. The molecule has 10 aromatic carbocycles. The number of aryl methyl sites for hydroxylation is 10. The molecule has 2 saturated heterocycles. The third-order valence-corrected chi connectivity index (χ3v) is 28.7. The first-order valence-corrected chi connectivity index (χ1v) is 50.9. The molecule has 0 bridgehead atoms. The van der Waals surface area contributed by atoms with Crippen molar-refractivity contribution in [1.29, 1.82) is 0 Å². The molecule has 20 aromatic rings. The molecule has 146 heavy (non-hydrogen) atoms. The Morgan fingerprint density at radius 2 is 0.747 bits per heavy atom. The lowest BCUT2D eigenvalue weighted by Gasteiger charge is -2.32. The maximum absolute atomic E-state index is 12.6. The molecule has 2 aliphatic heterocycles. The molecule has 0 unspecified atom stereocenters. The lowest BCUT2D eigenvalue weighted by atomic mass is 9.78. The van der Waals surface area contributed by atoms with E-state index < -0.39 is 0 Å². The van der Waals surface area contributed by atoms with E-state index in [1.54, 1.807) is 40.6 Å². The minimum Gasteiger partial charge on any atom is -0.594 e. The van der Waals surface area contributed by atoms with Crippen molar-refractivity contribution in [2.24, 2.45) is 35.2 Å². The number of fused-ring (bicyclic) bond motifs is 10. The molecule has 0 atom stereocenters. The molecular weight excluding hydrogens is 1940 g/mol. The van der Waals surface area contributed by atoms with E-state index in [4.69, 9.17) is 42.5 Å². The number of hydrogen-bond acceptors (Lipinski definition) is 23. The maximum Gasteiger partial charge on any atom is 0.494 e. The van der Waals surface area contributed by atoms with Crippen molar-refractivity contribution in [1.82, 2.24) is 115 Å². The van der Waals surface area contributed by atoms with Gasteiger partial charge in [0.05, 0.1) is 49.8 Å². The number of aromatic nitrogens is 25. The van der Waals surface area contributed by atoms with Gasteiger partial charge in [-0.15, -0.1) is 20.4 Å². The Hall–Kier alpha value is -14.2. The highest BCUT2D eigenvalue weighted by atomic mass is 79.9. The summed E-state index contributed by atoms with van der Waals surface area (Å²) in [5.74, 6) is 3.25. The molecule has 25 rings (SSSR count). The van der Waals surface area contributed by atoms with Crippen molar-refractivity contribution in [2.45, 2.75) is 196 Å². The van der Waals surface area contributed by atoms with E-state index in [1.807, 2.05) is 104 Å². The zero-order chi connectivity index (χ0) is 101. The van der Waals surface area contributed by atoms with E-state index in [0.29, 0.717) is 65.3 Å². The third kappa shape index (κ3) is 22.7. The van der Waals surface area contributed by atoms with Gasteiger partial charge in [-0.2, -0.15) is 25.5 Å². The molecule has 0 radical (unpaired) electrons. The molecule has 3 aliphatic carbocycles. The smallest absolute Gasteiger partial charge is 0.494 e. The molecular formula is C111H118BBrCl2N26O5. The first kappa shape index (κ1) is 102. The molecule has 1 saturated carbocycles. The lowest BCUT2D eigenvalue weighted by molar-refractivity contribution is -0.643. The van der Waals surface area contributed by atoms with Crippen LogP contribution in [0.5, 0.6) is 0 Å². The second kappa shape index (κ2) is 43.2. The van der Waals surface area contributed by atoms with Gasteiger partial charge in [-0.05, 0) is 378 Å². The SMILES string of the molecule is C.CC1=CCCCC1.Cc1cc(-c2ccc3nc(C4=CCCCC4)n[n+]([O-])c3c2)cc2cn(C)nc12.Cc1cc(-c2ccc3nc(C4CCCCC4)nnc3c2)cc2cn(C)nc12.Cc1cc(-c2ccc3nc(C4CCNCC4)nnc3c2)cc2cn(C)nc12.Cc1cc(-c2ccc3nc(Cl)n[n+]([O-])c3c2)cc2cn(C)nc12.Cc1cc(B2OC(C)(C)C(C)(C)O2)cc2cn(C)nc12.[O-][n+]1nc(Cl)nc2ccc(Br)cc21. The van der Waals surface area contributed by atoms with E-state index in [1.165, 1.54) is 86.5 Å². The van der Waals surface area contributed by atoms with Crippen LogP contribution in [0.4, 0.5) is 0 Å². The van der Waals surface area contributed by atoms with Crippen molar-refractivity contribution in [3.8, 4) is 44.5 Å². The number of nitrogens with zero attached hydrogens (tertiary/aromatic N) is 25. The van der Waals surface area contributed by atoms with Gasteiger partial charge in [0.25, 0.3) is 27.1 Å². The highest BCUT2D eigenvalue weighted by Crippen LogP contribution is 2.40. The van der Waals surface area contributed by atoms with Gasteiger partial charge in [0.15, 0.2) is 11.6 Å². The van der Waals surface area contributed by atoms with E-state index in [2.05, 4.69) is 281 Å². The summed E-state index contributed by atoms with van der Waals surface area (Å²) in [6.45, 7) is 22.9. The Kier molecular flexibility index (Phi) is 30.1. The molecule has 0 amide bonds. The van der Waals surface area contributed by atoms with E-state index in [0.717, 1.165) is 199 Å². The highest BCUT2D eigenvalue weighted by molar-refractivity contribution is 9.10. The lowest BCUT2D eigenvalue weighted by Crippen LogP contribution is -2.41. The number of rotatable bonds is 8. The summed E-state index contributed by atoms with van der Waals surface area (Å²) in [6.07, 6.45) is 32.9. The van der Waals surface area contributed by atoms with Crippen molar-refractivity contribution >= 4 is 167 Å². The van der Waals surface area contributed by atoms with Gasteiger partial charge in [-0.3, -0.25) is 23.4 Å². The Morgan fingerprint density at radius 3 is 1.15 bits per heavy atom.